The van der Waals surface area contributed by atoms with Gasteiger partial charge < -0.3 is 10.4 Å². The summed E-state index contributed by atoms with van der Waals surface area (Å²) in [5.74, 6) is -1.98. The molecule has 21 heavy (non-hydrogen) atoms. The maximum Gasteiger partial charge on any atom is 0.307 e. The third kappa shape index (κ3) is 3.40. The van der Waals surface area contributed by atoms with E-state index in [0.717, 1.165) is 0 Å². The summed E-state index contributed by atoms with van der Waals surface area (Å²) in [7, 11) is -3.79. The molecule has 0 fully saturated rings. The molecule has 114 valence electrons. The van der Waals surface area contributed by atoms with Crippen molar-refractivity contribution in [1.82, 2.24) is 4.72 Å². The quantitative estimate of drug-likeness (QED) is 0.711. The normalized spacial score (nSPS) is 15.4. The van der Waals surface area contributed by atoms with Crippen molar-refractivity contribution in [1.29, 1.82) is 0 Å². The Morgan fingerprint density at radius 1 is 1.48 bits per heavy atom. The highest BCUT2D eigenvalue weighted by Gasteiger charge is 2.23. The molecule has 1 atom stereocenters. The highest BCUT2D eigenvalue weighted by Crippen LogP contribution is 2.25. The number of carbonyl (C=O) groups excluding carboxylic acids is 1. The van der Waals surface area contributed by atoms with E-state index in [2.05, 4.69) is 10.0 Å². The number of aliphatic carboxylic acids is 1. The summed E-state index contributed by atoms with van der Waals surface area (Å²) in [6, 6.07) is 4.34. The average molecular weight is 312 g/mol. The lowest BCUT2D eigenvalue weighted by Gasteiger charge is -2.12. The van der Waals surface area contributed by atoms with Crippen molar-refractivity contribution in [3.63, 3.8) is 0 Å². The Balaban J connectivity index is 2.15. The number of rotatable bonds is 6. The van der Waals surface area contributed by atoms with Crippen molar-refractivity contribution in [2.45, 2.75) is 24.7 Å². The number of benzene rings is 1. The largest absolute Gasteiger partial charge is 0.481 e. The number of nitrogens with one attached hydrogen (secondary N) is 2. The predicted octanol–water partition coefficient (Wildman–Crippen LogP) is 0.570. The third-order valence-corrected chi connectivity index (χ3v) is 4.80. The highest BCUT2D eigenvalue weighted by molar-refractivity contribution is 7.89. The van der Waals surface area contributed by atoms with E-state index in [1.54, 1.807) is 6.92 Å². The Morgan fingerprint density at radius 2 is 2.19 bits per heavy atom. The molecule has 1 amide bonds. The summed E-state index contributed by atoms with van der Waals surface area (Å²) in [5, 5.41) is 11.5. The van der Waals surface area contributed by atoms with E-state index in [1.807, 2.05) is 0 Å². The maximum atomic E-state index is 12.1. The second-order valence-electron chi connectivity index (χ2n) is 4.84. The lowest BCUT2D eigenvalue weighted by molar-refractivity contribution is -0.141. The van der Waals surface area contributed by atoms with Crippen LogP contribution in [0.5, 0.6) is 0 Å². The standard InChI is InChI=1S/C13H16N2O5S/c1-2-8(13(17)18)7-14-21(19,20)10-3-4-11-9(5-10)6-12(16)15-11/h3-5,8,14H,2,6-7H2,1H3,(H,15,16)(H,17,18). The molecule has 0 aromatic heterocycles. The molecule has 0 aliphatic carbocycles. The van der Waals surface area contributed by atoms with Gasteiger partial charge >= 0.3 is 5.97 Å². The lowest BCUT2D eigenvalue weighted by Crippen LogP contribution is -2.32. The molecule has 0 saturated carbocycles. The minimum atomic E-state index is -3.79. The molecule has 2 rings (SSSR count). The topological polar surface area (TPSA) is 113 Å². The monoisotopic (exact) mass is 312 g/mol. The molecule has 8 heteroatoms. The van der Waals surface area contributed by atoms with Gasteiger partial charge in [0.2, 0.25) is 15.9 Å². The molecule has 1 aromatic rings. The smallest absolute Gasteiger partial charge is 0.307 e. The van der Waals surface area contributed by atoms with E-state index in [1.165, 1.54) is 18.2 Å². The first-order valence-corrected chi connectivity index (χ1v) is 7.97. The molecule has 0 spiro atoms. The Hall–Kier alpha value is -1.93. The number of hydrogen-bond acceptors (Lipinski definition) is 4. The Morgan fingerprint density at radius 3 is 2.81 bits per heavy atom. The Kier molecular flexibility index (Phi) is 4.29. The van der Waals surface area contributed by atoms with Gasteiger partial charge in [-0.25, -0.2) is 13.1 Å². The van der Waals surface area contributed by atoms with Crippen LogP contribution in [0.4, 0.5) is 5.69 Å². The zero-order valence-corrected chi connectivity index (χ0v) is 12.2. The molecular weight excluding hydrogens is 296 g/mol. The fraction of sp³-hybridized carbons (Fsp3) is 0.385. The van der Waals surface area contributed by atoms with E-state index in [-0.39, 0.29) is 23.8 Å². The molecular formula is C13H16N2O5S. The van der Waals surface area contributed by atoms with Gasteiger partial charge in [-0.15, -0.1) is 0 Å². The van der Waals surface area contributed by atoms with Crippen molar-refractivity contribution in [2.24, 2.45) is 5.92 Å². The summed E-state index contributed by atoms with van der Waals surface area (Å²) in [5.41, 5.74) is 1.23. The van der Waals surface area contributed by atoms with Crippen LogP contribution in [0.3, 0.4) is 0 Å². The van der Waals surface area contributed by atoms with Crippen LogP contribution in [0.2, 0.25) is 0 Å². The van der Waals surface area contributed by atoms with Crippen LogP contribution in [0.25, 0.3) is 0 Å². The van der Waals surface area contributed by atoms with E-state index >= 15 is 0 Å². The van der Waals surface area contributed by atoms with Gasteiger partial charge in [0.25, 0.3) is 0 Å². The number of hydrogen-bond donors (Lipinski definition) is 3. The van der Waals surface area contributed by atoms with Gasteiger partial charge in [-0.3, -0.25) is 9.59 Å². The first kappa shape index (κ1) is 15.5. The third-order valence-electron chi connectivity index (χ3n) is 3.37. The van der Waals surface area contributed by atoms with Gasteiger partial charge in [-0.2, -0.15) is 0 Å². The average Bonchev–Trinajstić information content (AvgIpc) is 2.77. The fourth-order valence-electron chi connectivity index (χ4n) is 2.07. The minimum absolute atomic E-state index is 0.0259. The van der Waals surface area contributed by atoms with Gasteiger partial charge in [-0.05, 0) is 30.2 Å². The van der Waals surface area contributed by atoms with Gasteiger partial charge in [-0.1, -0.05) is 6.92 Å². The number of carboxylic acids is 1. The Bertz CT molecular complexity index is 684. The predicted molar refractivity (Wildman–Crippen MR) is 75.4 cm³/mol. The molecule has 1 unspecified atom stereocenters. The summed E-state index contributed by atoms with van der Waals surface area (Å²) in [6.45, 7) is 1.52. The number of fused-ring (bicyclic) bond motifs is 1. The Labute approximate surface area is 122 Å². The summed E-state index contributed by atoms with van der Waals surface area (Å²) in [6.07, 6.45) is 0.478. The summed E-state index contributed by atoms with van der Waals surface area (Å²) >= 11 is 0. The minimum Gasteiger partial charge on any atom is -0.481 e. The molecule has 1 aliphatic heterocycles. The van der Waals surface area contributed by atoms with Gasteiger partial charge in [0.15, 0.2) is 0 Å². The number of carboxylic acid groups (broad SMARTS) is 1. The fourth-order valence-corrected chi connectivity index (χ4v) is 3.20. The van der Waals surface area contributed by atoms with Crippen LogP contribution >= 0.6 is 0 Å². The second-order valence-corrected chi connectivity index (χ2v) is 6.61. The van der Waals surface area contributed by atoms with E-state index in [0.29, 0.717) is 17.7 Å². The molecule has 7 nitrogen and oxygen atoms in total. The van der Waals surface area contributed by atoms with Crippen LogP contribution in [0, 0.1) is 5.92 Å². The first-order chi connectivity index (χ1) is 9.83. The molecule has 0 saturated heterocycles. The van der Waals surface area contributed by atoms with Crippen LogP contribution in [-0.4, -0.2) is 31.9 Å². The molecule has 0 bridgehead atoms. The number of sulfonamides is 1. The van der Waals surface area contributed by atoms with Crippen molar-refractivity contribution in [3.8, 4) is 0 Å². The van der Waals surface area contributed by atoms with Crippen molar-refractivity contribution < 1.29 is 23.1 Å². The molecule has 0 radical (unpaired) electrons. The van der Waals surface area contributed by atoms with Crippen molar-refractivity contribution in [2.75, 3.05) is 11.9 Å². The summed E-state index contributed by atoms with van der Waals surface area (Å²) < 4.78 is 26.6. The number of anilines is 1. The van der Waals surface area contributed by atoms with E-state index in [4.69, 9.17) is 5.11 Å². The molecule has 3 N–H and O–H groups in total. The highest BCUT2D eigenvalue weighted by atomic mass is 32.2. The first-order valence-electron chi connectivity index (χ1n) is 6.48. The SMILES string of the molecule is CCC(CNS(=O)(=O)c1ccc2c(c1)CC(=O)N2)C(=O)O. The second kappa shape index (κ2) is 5.82. The van der Waals surface area contributed by atoms with Crippen molar-refractivity contribution in [3.05, 3.63) is 23.8 Å². The zero-order chi connectivity index (χ0) is 15.6. The van der Waals surface area contributed by atoms with Crippen LogP contribution < -0.4 is 10.0 Å². The van der Waals surface area contributed by atoms with Crippen LogP contribution in [-0.2, 0) is 26.0 Å². The van der Waals surface area contributed by atoms with Crippen LogP contribution in [0.15, 0.2) is 23.1 Å². The van der Waals surface area contributed by atoms with Gasteiger partial charge in [0.1, 0.15) is 0 Å². The van der Waals surface area contributed by atoms with Crippen molar-refractivity contribution >= 4 is 27.6 Å². The summed E-state index contributed by atoms with van der Waals surface area (Å²) in [4.78, 5) is 22.2. The van der Waals surface area contributed by atoms with Gasteiger partial charge in [0.05, 0.1) is 17.2 Å². The zero-order valence-electron chi connectivity index (χ0n) is 11.4. The molecule has 1 aliphatic rings. The number of amides is 1. The maximum absolute atomic E-state index is 12.1. The van der Waals surface area contributed by atoms with Crippen LogP contribution in [0.1, 0.15) is 18.9 Å². The van der Waals surface area contributed by atoms with E-state index in [9.17, 15) is 18.0 Å². The number of carbonyl (C=O) groups is 2. The van der Waals surface area contributed by atoms with Gasteiger partial charge in [0, 0.05) is 12.2 Å². The molecule has 1 heterocycles. The molecule has 1 aromatic carbocycles. The lowest BCUT2D eigenvalue weighted by atomic mass is 10.1. The van der Waals surface area contributed by atoms with E-state index < -0.39 is 21.9 Å².